The van der Waals surface area contributed by atoms with Gasteiger partial charge in [0.25, 0.3) is 0 Å². The quantitative estimate of drug-likeness (QED) is 0.653. The standard InChI is InChI=1S/C9H10BrNO2.C7H6BrNO/c1-9(12-4-5-13-9)8-3-2-7(10)6-11-8;1-5(10)7-3-2-6(8)4-9-7/h2-3,6H,4-5H2,1H3;2-4H,1H3. The average Bonchev–Trinajstić information content (AvgIpc) is 2.97. The van der Waals surface area contributed by atoms with Crippen molar-refractivity contribution in [2.75, 3.05) is 13.2 Å². The second-order valence-corrected chi connectivity index (χ2v) is 6.75. The van der Waals surface area contributed by atoms with Gasteiger partial charge in [0.1, 0.15) is 5.69 Å². The lowest BCUT2D eigenvalue weighted by atomic mass is 10.2. The number of aromatic nitrogens is 2. The maximum atomic E-state index is 10.7. The highest BCUT2D eigenvalue weighted by atomic mass is 79.9. The Hall–Kier alpha value is -1.15. The number of pyridine rings is 2. The lowest BCUT2D eigenvalue weighted by molar-refractivity contribution is -0.152. The molecule has 1 saturated heterocycles. The van der Waals surface area contributed by atoms with Crippen LogP contribution in [0.2, 0.25) is 0 Å². The van der Waals surface area contributed by atoms with Crippen molar-refractivity contribution in [3.63, 3.8) is 0 Å². The first-order valence-corrected chi connectivity index (χ1v) is 8.52. The van der Waals surface area contributed by atoms with E-state index in [9.17, 15) is 4.79 Å². The van der Waals surface area contributed by atoms with Crippen LogP contribution in [0.15, 0.2) is 45.6 Å². The van der Waals surface area contributed by atoms with Crippen LogP contribution >= 0.6 is 31.9 Å². The molecule has 2 aromatic rings. The highest BCUT2D eigenvalue weighted by Crippen LogP contribution is 2.29. The summed E-state index contributed by atoms with van der Waals surface area (Å²) >= 11 is 6.55. The van der Waals surface area contributed by atoms with Crippen LogP contribution in [0.4, 0.5) is 0 Å². The number of carbonyl (C=O) groups excluding carboxylic acids is 1. The van der Waals surface area contributed by atoms with Crippen molar-refractivity contribution in [1.29, 1.82) is 0 Å². The van der Waals surface area contributed by atoms with Crippen LogP contribution in [0.25, 0.3) is 0 Å². The first-order valence-electron chi connectivity index (χ1n) is 6.93. The molecule has 0 spiro atoms. The van der Waals surface area contributed by atoms with Crippen molar-refractivity contribution in [2.24, 2.45) is 0 Å². The number of Topliss-reactive ketones (excluding diaryl/α,β-unsaturated/α-hetero) is 1. The fraction of sp³-hybridized carbons (Fsp3) is 0.312. The molecule has 7 heteroatoms. The van der Waals surface area contributed by atoms with Gasteiger partial charge in [-0.1, -0.05) is 0 Å². The summed E-state index contributed by atoms with van der Waals surface area (Å²) in [6, 6.07) is 7.31. The summed E-state index contributed by atoms with van der Waals surface area (Å²) < 4.78 is 12.8. The van der Waals surface area contributed by atoms with Crippen LogP contribution in [0, 0.1) is 0 Å². The zero-order chi connectivity index (χ0) is 16.9. The third-order valence-corrected chi connectivity index (χ3v) is 4.06. The SMILES string of the molecule is CC(=O)c1ccc(Br)cn1.CC1(c2ccc(Br)cn2)OCCO1. The number of halogens is 2. The van der Waals surface area contributed by atoms with Gasteiger partial charge in [-0.3, -0.25) is 14.8 Å². The molecule has 3 rings (SSSR count). The molecule has 0 saturated carbocycles. The molecule has 0 atom stereocenters. The predicted molar refractivity (Wildman–Crippen MR) is 93.1 cm³/mol. The largest absolute Gasteiger partial charge is 0.342 e. The van der Waals surface area contributed by atoms with E-state index in [0.717, 1.165) is 14.6 Å². The van der Waals surface area contributed by atoms with Gasteiger partial charge in [0, 0.05) is 28.3 Å². The number of nitrogens with zero attached hydrogens (tertiary/aromatic N) is 2. The van der Waals surface area contributed by atoms with Crippen LogP contribution in [-0.4, -0.2) is 29.0 Å². The molecule has 0 bridgehead atoms. The minimum absolute atomic E-state index is 0.00694. The molecule has 3 heterocycles. The fourth-order valence-corrected chi connectivity index (χ4v) is 2.36. The third kappa shape index (κ3) is 5.17. The number of ketones is 1. The van der Waals surface area contributed by atoms with Crippen molar-refractivity contribution in [3.8, 4) is 0 Å². The maximum absolute atomic E-state index is 10.7. The first kappa shape index (κ1) is 18.2. The molecular formula is C16H16Br2N2O3. The molecule has 0 aromatic carbocycles. The number of carbonyl (C=O) groups is 1. The van der Waals surface area contributed by atoms with Crippen molar-refractivity contribution in [3.05, 3.63) is 57.0 Å². The van der Waals surface area contributed by atoms with Crippen LogP contribution in [0.5, 0.6) is 0 Å². The van der Waals surface area contributed by atoms with Gasteiger partial charge in [0.05, 0.1) is 18.9 Å². The minimum Gasteiger partial charge on any atom is -0.342 e. The Bertz CT molecular complexity index is 654. The van der Waals surface area contributed by atoms with Gasteiger partial charge in [-0.15, -0.1) is 0 Å². The molecule has 0 radical (unpaired) electrons. The molecule has 23 heavy (non-hydrogen) atoms. The molecule has 0 amide bonds. The minimum atomic E-state index is -0.652. The molecule has 2 aromatic heterocycles. The summed E-state index contributed by atoms with van der Waals surface area (Å²) in [5.41, 5.74) is 1.32. The Kier molecular flexibility index (Phi) is 6.41. The summed E-state index contributed by atoms with van der Waals surface area (Å²) in [6.45, 7) is 4.65. The van der Waals surface area contributed by atoms with Gasteiger partial charge >= 0.3 is 0 Å². The van der Waals surface area contributed by atoms with E-state index >= 15 is 0 Å². The summed E-state index contributed by atoms with van der Waals surface area (Å²) in [5.74, 6) is -0.659. The zero-order valence-electron chi connectivity index (χ0n) is 12.8. The van der Waals surface area contributed by atoms with Crippen LogP contribution in [0.1, 0.15) is 30.0 Å². The van der Waals surface area contributed by atoms with Crippen LogP contribution < -0.4 is 0 Å². The summed E-state index contributed by atoms with van der Waals surface area (Å²) in [4.78, 5) is 18.8. The molecule has 0 unspecified atom stereocenters. The summed E-state index contributed by atoms with van der Waals surface area (Å²) in [5, 5.41) is 0. The van der Waals surface area contributed by atoms with E-state index in [4.69, 9.17) is 9.47 Å². The van der Waals surface area contributed by atoms with Crippen molar-refractivity contribution >= 4 is 37.6 Å². The smallest absolute Gasteiger partial charge is 0.209 e. The monoisotopic (exact) mass is 442 g/mol. The van der Waals surface area contributed by atoms with Crippen molar-refractivity contribution in [1.82, 2.24) is 9.97 Å². The summed E-state index contributed by atoms with van der Waals surface area (Å²) in [7, 11) is 0. The fourth-order valence-electron chi connectivity index (χ4n) is 1.89. The van der Waals surface area contributed by atoms with Gasteiger partial charge in [0.15, 0.2) is 5.78 Å². The lowest BCUT2D eigenvalue weighted by Crippen LogP contribution is -2.23. The lowest BCUT2D eigenvalue weighted by Gasteiger charge is -2.21. The average molecular weight is 444 g/mol. The molecule has 122 valence electrons. The van der Waals surface area contributed by atoms with E-state index in [1.807, 2.05) is 19.1 Å². The van der Waals surface area contributed by atoms with E-state index in [-0.39, 0.29) is 5.78 Å². The molecule has 5 nitrogen and oxygen atoms in total. The third-order valence-electron chi connectivity index (χ3n) is 3.12. The number of hydrogen-bond donors (Lipinski definition) is 0. The van der Waals surface area contributed by atoms with Crippen molar-refractivity contribution < 1.29 is 14.3 Å². The van der Waals surface area contributed by atoms with E-state index in [1.165, 1.54) is 6.92 Å². The van der Waals surface area contributed by atoms with E-state index in [1.54, 1.807) is 24.5 Å². The van der Waals surface area contributed by atoms with Crippen molar-refractivity contribution in [2.45, 2.75) is 19.6 Å². The molecule has 0 N–H and O–H groups in total. The van der Waals surface area contributed by atoms with E-state index in [0.29, 0.717) is 18.9 Å². The normalized spacial score (nSPS) is 15.7. The second kappa shape index (κ2) is 8.10. The Morgan fingerprint density at radius 3 is 2.04 bits per heavy atom. The van der Waals surface area contributed by atoms with E-state index in [2.05, 4.69) is 41.8 Å². The van der Waals surface area contributed by atoms with Gasteiger partial charge < -0.3 is 9.47 Å². The van der Waals surface area contributed by atoms with Gasteiger partial charge in [-0.05, 0) is 63.0 Å². The van der Waals surface area contributed by atoms with Gasteiger partial charge in [0.2, 0.25) is 5.79 Å². The summed E-state index contributed by atoms with van der Waals surface area (Å²) in [6.07, 6.45) is 3.35. The molecule has 1 aliphatic rings. The highest BCUT2D eigenvalue weighted by Gasteiger charge is 2.34. The number of ether oxygens (including phenoxy) is 2. The topological polar surface area (TPSA) is 61.3 Å². The number of hydrogen-bond acceptors (Lipinski definition) is 5. The predicted octanol–water partition coefficient (Wildman–Crippen LogP) is 4.11. The molecule has 1 aliphatic heterocycles. The maximum Gasteiger partial charge on any atom is 0.209 e. The molecule has 1 fully saturated rings. The number of rotatable bonds is 2. The Morgan fingerprint density at radius 2 is 1.61 bits per heavy atom. The molecular weight excluding hydrogens is 428 g/mol. The zero-order valence-corrected chi connectivity index (χ0v) is 15.9. The Balaban J connectivity index is 0.000000174. The van der Waals surface area contributed by atoms with Gasteiger partial charge in [-0.2, -0.15) is 0 Å². The Labute approximate surface area is 151 Å². The van der Waals surface area contributed by atoms with Crippen LogP contribution in [0.3, 0.4) is 0 Å². The molecule has 0 aliphatic carbocycles. The van der Waals surface area contributed by atoms with Crippen LogP contribution in [-0.2, 0) is 15.3 Å². The first-order chi connectivity index (χ1) is 10.9. The van der Waals surface area contributed by atoms with Gasteiger partial charge in [-0.25, -0.2) is 0 Å². The highest BCUT2D eigenvalue weighted by molar-refractivity contribution is 9.10. The second-order valence-electron chi connectivity index (χ2n) is 4.92. The Morgan fingerprint density at radius 1 is 1.04 bits per heavy atom. The van der Waals surface area contributed by atoms with E-state index < -0.39 is 5.79 Å².